The van der Waals surface area contributed by atoms with E-state index in [9.17, 15) is 0 Å². The maximum Gasteiger partial charge on any atom is 0.0376 e. The molecule has 0 aromatic heterocycles. The SMILES string of the molecule is CN1CC=C2C=CC=C3NCCC23CC1. The van der Waals surface area contributed by atoms with Gasteiger partial charge in [-0.2, -0.15) is 0 Å². The van der Waals surface area contributed by atoms with E-state index in [0.717, 1.165) is 13.1 Å². The summed E-state index contributed by atoms with van der Waals surface area (Å²) in [7, 11) is 2.21. The van der Waals surface area contributed by atoms with E-state index in [1.165, 1.54) is 30.7 Å². The van der Waals surface area contributed by atoms with Gasteiger partial charge in [-0.15, -0.1) is 0 Å². The molecular weight excluding hydrogens is 184 g/mol. The van der Waals surface area contributed by atoms with E-state index >= 15 is 0 Å². The lowest BCUT2D eigenvalue weighted by Gasteiger charge is -2.32. The minimum atomic E-state index is 0.333. The van der Waals surface area contributed by atoms with Gasteiger partial charge in [0, 0.05) is 24.2 Å². The molecule has 0 saturated carbocycles. The van der Waals surface area contributed by atoms with Crippen LogP contribution in [0.15, 0.2) is 35.6 Å². The summed E-state index contributed by atoms with van der Waals surface area (Å²) >= 11 is 0. The highest BCUT2D eigenvalue weighted by Crippen LogP contribution is 2.47. The predicted octanol–water partition coefficient (Wildman–Crippen LogP) is 1.68. The van der Waals surface area contributed by atoms with Crippen LogP contribution in [-0.2, 0) is 0 Å². The van der Waals surface area contributed by atoms with Crippen molar-refractivity contribution in [3.05, 3.63) is 35.6 Å². The van der Waals surface area contributed by atoms with E-state index in [2.05, 4.69) is 41.6 Å². The summed E-state index contributed by atoms with van der Waals surface area (Å²) in [6.45, 7) is 3.43. The highest BCUT2D eigenvalue weighted by atomic mass is 15.1. The van der Waals surface area contributed by atoms with E-state index < -0.39 is 0 Å². The number of hydrogen-bond acceptors (Lipinski definition) is 2. The molecule has 1 atom stereocenters. The Kier molecular flexibility index (Phi) is 1.99. The molecule has 0 amide bonds. The zero-order valence-electron chi connectivity index (χ0n) is 9.29. The molecule has 2 heteroatoms. The van der Waals surface area contributed by atoms with Gasteiger partial charge in [0.15, 0.2) is 0 Å². The Morgan fingerprint density at radius 2 is 2.33 bits per heavy atom. The van der Waals surface area contributed by atoms with Gasteiger partial charge in [-0.05, 0) is 38.1 Å². The first-order chi connectivity index (χ1) is 7.31. The minimum Gasteiger partial charge on any atom is -0.388 e. The second-order valence-corrected chi connectivity index (χ2v) is 4.87. The smallest absolute Gasteiger partial charge is 0.0376 e. The topological polar surface area (TPSA) is 15.3 Å². The molecule has 0 bridgehead atoms. The number of rotatable bonds is 0. The molecule has 80 valence electrons. The largest absolute Gasteiger partial charge is 0.388 e. The highest BCUT2D eigenvalue weighted by molar-refractivity contribution is 5.45. The van der Waals surface area contributed by atoms with Crippen LogP contribution in [0.25, 0.3) is 0 Å². The van der Waals surface area contributed by atoms with Crippen LogP contribution in [0.5, 0.6) is 0 Å². The standard InChI is InChI=1S/C13H18N2/c1-15-9-5-11-3-2-4-12-13(11,7-10-15)6-8-14-12/h2-5,14H,6-10H2,1H3. The summed E-state index contributed by atoms with van der Waals surface area (Å²) in [5.74, 6) is 0. The first kappa shape index (κ1) is 9.22. The van der Waals surface area contributed by atoms with Gasteiger partial charge in [-0.3, -0.25) is 0 Å². The van der Waals surface area contributed by atoms with Crippen molar-refractivity contribution in [3.8, 4) is 0 Å². The predicted molar refractivity (Wildman–Crippen MR) is 62.5 cm³/mol. The Bertz CT molecular complexity index is 365. The van der Waals surface area contributed by atoms with Crippen molar-refractivity contribution in [2.75, 3.05) is 26.7 Å². The molecular formula is C13H18N2. The van der Waals surface area contributed by atoms with Gasteiger partial charge in [-0.1, -0.05) is 18.2 Å². The Labute approximate surface area is 91.3 Å². The molecule has 2 heterocycles. The average molecular weight is 202 g/mol. The maximum atomic E-state index is 3.54. The molecule has 1 unspecified atom stereocenters. The lowest BCUT2D eigenvalue weighted by atomic mass is 9.72. The lowest BCUT2D eigenvalue weighted by molar-refractivity contribution is 0.316. The van der Waals surface area contributed by atoms with Gasteiger partial charge >= 0.3 is 0 Å². The molecule has 2 nitrogen and oxygen atoms in total. The third-order valence-electron chi connectivity index (χ3n) is 4.02. The van der Waals surface area contributed by atoms with Gasteiger partial charge in [0.25, 0.3) is 0 Å². The first-order valence-corrected chi connectivity index (χ1v) is 5.83. The fourth-order valence-electron chi connectivity index (χ4n) is 3.03. The van der Waals surface area contributed by atoms with Crippen LogP contribution in [0.3, 0.4) is 0 Å². The monoisotopic (exact) mass is 202 g/mol. The van der Waals surface area contributed by atoms with Crippen molar-refractivity contribution in [2.45, 2.75) is 12.8 Å². The zero-order valence-corrected chi connectivity index (χ0v) is 9.29. The minimum absolute atomic E-state index is 0.333. The lowest BCUT2D eigenvalue weighted by Crippen LogP contribution is -2.28. The summed E-state index contributed by atoms with van der Waals surface area (Å²) in [5, 5.41) is 3.54. The summed E-state index contributed by atoms with van der Waals surface area (Å²) < 4.78 is 0. The Morgan fingerprint density at radius 1 is 1.40 bits per heavy atom. The highest BCUT2D eigenvalue weighted by Gasteiger charge is 2.42. The molecule has 1 spiro atoms. The summed E-state index contributed by atoms with van der Waals surface area (Å²) in [5.41, 5.74) is 3.32. The molecule has 2 aliphatic heterocycles. The molecule has 3 rings (SSSR count). The molecule has 1 saturated heterocycles. The molecule has 0 aromatic carbocycles. The van der Waals surface area contributed by atoms with Gasteiger partial charge in [0.1, 0.15) is 0 Å². The van der Waals surface area contributed by atoms with E-state index in [0.29, 0.717) is 5.41 Å². The molecule has 3 aliphatic rings. The van der Waals surface area contributed by atoms with Crippen molar-refractivity contribution in [1.82, 2.24) is 10.2 Å². The quantitative estimate of drug-likeness (QED) is 0.643. The Balaban J connectivity index is 2.05. The number of likely N-dealkylation sites (N-methyl/N-ethyl adjacent to an activating group) is 1. The molecule has 0 radical (unpaired) electrons. The second kappa shape index (κ2) is 3.24. The van der Waals surface area contributed by atoms with Crippen LogP contribution in [0.2, 0.25) is 0 Å². The first-order valence-electron chi connectivity index (χ1n) is 5.83. The number of hydrogen-bond donors (Lipinski definition) is 1. The molecule has 1 aliphatic carbocycles. The van der Waals surface area contributed by atoms with Crippen molar-refractivity contribution in [3.63, 3.8) is 0 Å². The Morgan fingerprint density at radius 3 is 3.27 bits per heavy atom. The van der Waals surface area contributed by atoms with Crippen LogP contribution in [-0.4, -0.2) is 31.6 Å². The molecule has 0 aromatic rings. The maximum absolute atomic E-state index is 3.54. The normalized spacial score (nSPS) is 34.7. The van der Waals surface area contributed by atoms with Crippen molar-refractivity contribution >= 4 is 0 Å². The van der Waals surface area contributed by atoms with Crippen molar-refractivity contribution < 1.29 is 0 Å². The summed E-state index contributed by atoms with van der Waals surface area (Å²) in [6.07, 6.45) is 11.7. The third kappa shape index (κ3) is 1.28. The second-order valence-electron chi connectivity index (χ2n) is 4.87. The summed E-state index contributed by atoms with van der Waals surface area (Å²) in [6, 6.07) is 0. The molecule has 1 N–H and O–H groups in total. The van der Waals surface area contributed by atoms with Crippen LogP contribution in [0.1, 0.15) is 12.8 Å². The van der Waals surface area contributed by atoms with Crippen LogP contribution >= 0.6 is 0 Å². The number of allylic oxidation sites excluding steroid dienone is 4. The Hall–Kier alpha value is -1.02. The van der Waals surface area contributed by atoms with Gasteiger partial charge < -0.3 is 10.2 Å². The van der Waals surface area contributed by atoms with Crippen LogP contribution in [0.4, 0.5) is 0 Å². The van der Waals surface area contributed by atoms with Crippen LogP contribution < -0.4 is 5.32 Å². The summed E-state index contributed by atoms with van der Waals surface area (Å²) in [4.78, 5) is 2.41. The van der Waals surface area contributed by atoms with Crippen LogP contribution in [0, 0.1) is 5.41 Å². The van der Waals surface area contributed by atoms with Crippen molar-refractivity contribution in [2.24, 2.45) is 5.41 Å². The van der Waals surface area contributed by atoms with E-state index in [-0.39, 0.29) is 0 Å². The molecule has 15 heavy (non-hydrogen) atoms. The van der Waals surface area contributed by atoms with Gasteiger partial charge in [-0.25, -0.2) is 0 Å². The number of nitrogens with zero attached hydrogens (tertiary/aromatic N) is 1. The van der Waals surface area contributed by atoms with E-state index in [1.807, 2.05) is 0 Å². The van der Waals surface area contributed by atoms with E-state index in [1.54, 1.807) is 0 Å². The fourth-order valence-corrected chi connectivity index (χ4v) is 3.03. The average Bonchev–Trinajstić information content (AvgIpc) is 2.60. The van der Waals surface area contributed by atoms with Crippen molar-refractivity contribution in [1.29, 1.82) is 0 Å². The van der Waals surface area contributed by atoms with E-state index in [4.69, 9.17) is 0 Å². The van der Waals surface area contributed by atoms with Gasteiger partial charge in [0.05, 0.1) is 0 Å². The molecule has 1 fully saturated rings. The zero-order chi connectivity index (χ0) is 10.3. The van der Waals surface area contributed by atoms with Gasteiger partial charge in [0.2, 0.25) is 0 Å². The fraction of sp³-hybridized carbons (Fsp3) is 0.538. The number of nitrogens with one attached hydrogen (secondary N) is 1. The third-order valence-corrected chi connectivity index (χ3v) is 4.02.